The molecule has 1 amide bonds. The first kappa shape index (κ1) is 26.1. The number of benzene rings is 4. The molecule has 0 bridgehead atoms. The Labute approximate surface area is 237 Å². The fourth-order valence-corrected chi connectivity index (χ4v) is 5.20. The van der Waals surface area contributed by atoms with Gasteiger partial charge in [-0.25, -0.2) is 4.68 Å². The number of hydrogen-bond donors (Lipinski definition) is 0. The molecule has 4 aromatic carbocycles. The van der Waals surface area contributed by atoms with Crippen LogP contribution in [0.5, 0.6) is 17.2 Å². The summed E-state index contributed by atoms with van der Waals surface area (Å²) in [7, 11) is 3.23. The summed E-state index contributed by atoms with van der Waals surface area (Å²) in [5, 5.41) is 5.94. The minimum atomic E-state index is -0.304. The van der Waals surface area contributed by atoms with Gasteiger partial charge in [0.05, 0.1) is 31.8 Å². The molecule has 0 saturated heterocycles. The number of carbonyl (C=O) groups is 1. The molecule has 0 unspecified atom stereocenters. The van der Waals surface area contributed by atoms with Crippen molar-refractivity contribution >= 4 is 16.7 Å². The minimum absolute atomic E-state index is 0.189. The van der Waals surface area contributed by atoms with E-state index in [-0.39, 0.29) is 18.0 Å². The van der Waals surface area contributed by atoms with Crippen LogP contribution in [0.1, 0.15) is 5.56 Å². The molecule has 0 fully saturated rings. The highest BCUT2D eigenvalue weighted by molar-refractivity contribution is 5.93. The Balaban J connectivity index is 1.34. The van der Waals surface area contributed by atoms with Gasteiger partial charge < -0.3 is 19.1 Å². The Morgan fingerprint density at radius 3 is 2.39 bits per heavy atom. The molecule has 8 heteroatoms. The van der Waals surface area contributed by atoms with Crippen molar-refractivity contribution in [3.05, 3.63) is 107 Å². The van der Waals surface area contributed by atoms with Crippen molar-refractivity contribution in [2.45, 2.75) is 13.1 Å². The van der Waals surface area contributed by atoms with Crippen LogP contribution in [0.4, 0.5) is 0 Å². The van der Waals surface area contributed by atoms with Crippen LogP contribution in [0, 0.1) is 0 Å². The molecule has 1 aliphatic heterocycles. The van der Waals surface area contributed by atoms with Gasteiger partial charge in [-0.2, -0.15) is 5.10 Å². The van der Waals surface area contributed by atoms with Crippen LogP contribution in [0.25, 0.3) is 33.2 Å². The lowest BCUT2D eigenvalue weighted by molar-refractivity contribution is -0.132. The predicted molar refractivity (Wildman–Crippen MR) is 157 cm³/mol. The van der Waals surface area contributed by atoms with Crippen molar-refractivity contribution in [3.63, 3.8) is 0 Å². The molecule has 41 heavy (non-hydrogen) atoms. The SMILES string of the molecule is COc1cccc(-c2cc3c(c(OC)c2)OCCN(C(=O)Cn2nc(-c4ccccc4)c4ccccc4c2=O)C3)c1. The van der Waals surface area contributed by atoms with Crippen LogP contribution < -0.4 is 19.8 Å². The van der Waals surface area contributed by atoms with Crippen molar-refractivity contribution in [3.8, 4) is 39.6 Å². The van der Waals surface area contributed by atoms with Crippen molar-refractivity contribution in [1.29, 1.82) is 0 Å². The summed E-state index contributed by atoms with van der Waals surface area (Å²) in [6, 6.07) is 28.7. The van der Waals surface area contributed by atoms with Gasteiger partial charge >= 0.3 is 0 Å². The fourth-order valence-electron chi connectivity index (χ4n) is 5.20. The zero-order valence-corrected chi connectivity index (χ0v) is 22.9. The number of aromatic nitrogens is 2. The van der Waals surface area contributed by atoms with Gasteiger partial charge in [-0.3, -0.25) is 9.59 Å². The standard InChI is InChI=1S/C33H29N3O5/c1-39-26-12-8-11-23(18-26)24-17-25-20-35(15-16-41-32(25)29(19-24)40-2)30(37)21-36-33(38)28-14-7-6-13-27(28)31(34-36)22-9-4-3-5-10-22/h3-14,17-19H,15-16,20-21H2,1-2H3. The van der Waals surface area contributed by atoms with Gasteiger partial charge in [-0.15, -0.1) is 0 Å². The number of hydrogen-bond acceptors (Lipinski definition) is 6. The maximum atomic E-state index is 13.7. The van der Waals surface area contributed by atoms with Crippen molar-refractivity contribution in [1.82, 2.24) is 14.7 Å². The van der Waals surface area contributed by atoms with Gasteiger partial charge in [-0.05, 0) is 41.5 Å². The molecule has 2 heterocycles. The molecular formula is C33H29N3O5. The summed E-state index contributed by atoms with van der Waals surface area (Å²) in [5.41, 5.74) is 3.91. The number of nitrogens with zero attached hydrogens (tertiary/aromatic N) is 3. The molecule has 0 radical (unpaired) electrons. The molecule has 1 aromatic heterocycles. The van der Waals surface area contributed by atoms with E-state index in [2.05, 4.69) is 5.10 Å². The zero-order chi connectivity index (χ0) is 28.3. The van der Waals surface area contributed by atoms with Crippen LogP contribution >= 0.6 is 0 Å². The van der Waals surface area contributed by atoms with Crippen molar-refractivity contribution < 1.29 is 19.0 Å². The largest absolute Gasteiger partial charge is 0.497 e. The van der Waals surface area contributed by atoms with Gasteiger partial charge in [0.1, 0.15) is 18.9 Å². The van der Waals surface area contributed by atoms with Crippen LogP contribution in [-0.4, -0.2) is 48.0 Å². The number of rotatable bonds is 6. The van der Waals surface area contributed by atoms with Gasteiger partial charge in [0.25, 0.3) is 5.56 Å². The number of methoxy groups -OCH3 is 2. The van der Waals surface area contributed by atoms with E-state index in [1.54, 1.807) is 25.2 Å². The highest BCUT2D eigenvalue weighted by Crippen LogP contribution is 2.39. The second-order valence-corrected chi connectivity index (χ2v) is 9.79. The van der Waals surface area contributed by atoms with Crippen LogP contribution in [0.3, 0.4) is 0 Å². The third-order valence-electron chi connectivity index (χ3n) is 7.28. The molecule has 5 aromatic rings. The lowest BCUT2D eigenvalue weighted by Crippen LogP contribution is -2.38. The Morgan fingerprint density at radius 2 is 1.61 bits per heavy atom. The van der Waals surface area contributed by atoms with E-state index >= 15 is 0 Å². The summed E-state index contributed by atoms with van der Waals surface area (Å²) in [4.78, 5) is 28.8. The van der Waals surface area contributed by atoms with Gasteiger partial charge in [0.2, 0.25) is 5.91 Å². The van der Waals surface area contributed by atoms with E-state index in [1.807, 2.05) is 84.9 Å². The molecule has 0 aliphatic carbocycles. The summed E-state index contributed by atoms with van der Waals surface area (Å²) in [5.74, 6) is 1.72. The lowest BCUT2D eigenvalue weighted by Gasteiger charge is -2.21. The van der Waals surface area contributed by atoms with E-state index in [0.717, 1.165) is 33.4 Å². The summed E-state index contributed by atoms with van der Waals surface area (Å²) >= 11 is 0. The molecule has 8 nitrogen and oxygen atoms in total. The van der Waals surface area contributed by atoms with E-state index in [1.165, 1.54) is 4.68 Å². The van der Waals surface area contributed by atoms with Gasteiger partial charge in [0.15, 0.2) is 11.5 Å². The highest BCUT2D eigenvalue weighted by Gasteiger charge is 2.25. The van der Waals surface area contributed by atoms with Crippen molar-refractivity contribution in [2.24, 2.45) is 0 Å². The summed E-state index contributed by atoms with van der Waals surface area (Å²) < 4.78 is 18.4. The fraction of sp³-hybridized carbons (Fsp3) is 0.182. The first-order valence-corrected chi connectivity index (χ1v) is 13.4. The molecule has 6 rings (SSSR count). The molecule has 0 atom stereocenters. The lowest BCUT2D eigenvalue weighted by atomic mass is 10.0. The molecule has 0 spiro atoms. The number of fused-ring (bicyclic) bond motifs is 2. The van der Waals surface area contributed by atoms with E-state index in [4.69, 9.17) is 14.2 Å². The quantitative estimate of drug-likeness (QED) is 0.292. The van der Waals surface area contributed by atoms with Gasteiger partial charge in [0, 0.05) is 23.1 Å². The first-order chi connectivity index (χ1) is 20.1. The normalized spacial score (nSPS) is 12.8. The van der Waals surface area contributed by atoms with E-state index in [9.17, 15) is 9.59 Å². The van der Waals surface area contributed by atoms with Crippen LogP contribution in [0.2, 0.25) is 0 Å². The molecule has 206 valence electrons. The molecule has 0 saturated carbocycles. The second kappa shape index (κ2) is 11.2. The predicted octanol–water partition coefficient (Wildman–Crippen LogP) is 5.17. The highest BCUT2D eigenvalue weighted by atomic mass is 16.5. The summed E-state index contributed by atoms with van der Waals surface area (Å²) in [6.45, 7) is 0.768. The zero-order valence-electron chi connectivity index (χ0n) is 22.9. The Morgan fingerprint density at radius 1 is 0.854 bits per heavy atom. The Hall–Kier alpha value is -5.11. The molecular weight excluding hydrogens is 518 g/mol. The average Bonchev–Trinajstić information content (AvgIpc) is 3.25. The topological polar surface area (TPSA) is 82.9 Å². The maximum absolute atomic E-state index is 13.7. The molecule has 0 N–H and O–H groups in total. The number of carbonyl (C=O) groups excluding carboxylic acids is 1. The van der Waals surface area contributed by atoms with Crippen molar-refractivity contribution in [2.75, 3.05) is 27.4 Å². The van der Waals surface area contributed by atoms with Crippen LogP contribution in [0.15, 0.2) is 95.8 Å². The first-order valence-electron chi connectivity index (χ1n) is 13.4. The smallest absolute Gasteiger partial charge is 0.275 e. The third kappa shape index (κ3) is 5.12. The van der Waals surface area contributed by atoms with E-state index < -0.39 is 0 Å². The molecule has 1 aliphatic rings. The number of ether oxygens (including phenoxy) is 3. The monoisotopic (exact) mass is 547 g/mol. The second-order valence-electron chi connectivity index (χ2n) is 9.79. The Bertz CT molecular complexity index is 1800. The third-order valence-corrected chi connectivity index (χ3v) is 7.28. The minimum Gasteiger partial charge on any atom is -0.497 e. The van der Waals surface area contributed by atoms with E-state index in [0.29, 0.717) is 42.3 Å². The summed E-state index contributed by atoms with van der Waals surface area (Å²) in [6.07, 6.45) is 0. The van der Waals surface area contributed by atoms with Crippen LogP contribution in [-0.2, 0) is 17.9 Å². The van der Waals surface area contributed by atoms with Gasteiger partial charge in [-0.1, -0.05) is 60.7 Å². The average molecular weight is 548 g/mol. The Kier molecular flexibility index (Phi) is 7.12. The number of amides is 1. The maximum Gasteiger partial charge on any atom is 0.275 e.